The van der Waals surface area contributed by atoms with E-state index < -0.39 is 0 Å². The number of fused-ring (bicyclic) bond motifs is 4. The largest absolute Gasteiger partial charge is 0.507 e. The second-order valence-electron chi connectivity index (χ2n) is 6.25. The van der Waals surface area contributed by atoms with Crippen LogP contribution in [0.25, 0.3) is 43.1 Å². The van der Waals surface area contributed by atoms with Crippen molar-refractivity contribution in [1.29, 1.82) is 0 Å². The number of phenols is 2. The van der Waals surface area contributed by atoms with Gasteiger partial charge in [0.15, 0.2) is 0 Å². The summed E-state index contributed by atoms with van der Waals surface area (Å²) in [5.41, 5.74) is 0. The molecule has 2 N–H and O–H groups in total. The van der Waals surface area contributed by atoms with Gasteiger partial charge in [-0.3, -0.25) is 0 Å². The van der Waals surface area contributed by atoms with Gasteiger partial charge in [0, 0.05) is 10.8 Å². The van der Waals surface area contributed by atoms with Gasteiger partial charge in [-0.1, -0.05) is 24.3 Å². The molecule has 114 valence electrons. The van der Waals surface area contributed by atoms with Gasteiger partial charge in [0.25, 0.3) is 0 Å². The Morgan fingerprint density at radius 1 is 0.417 bits per heavy atom. The molecular formula is C22H14O2. The fourth-order valence-electron chi connectivity index (χ4n) is 3.52. The van der Waals surface area contributed by atoms with Crippen molar-refractivity contribution in [2.24, 2.45) is 0 Å². The highest BCUT2D eigenvalue weighted by Crippen LogP contribution is 2.34. The first-order chi connectivity index (χ1) is 11.7. The molecule has 0 aliphatic carbocycles. The van der Waals surface area contributed by atoms with E-state index in [4.69, 9.17) is 0 Å². The molecule has 0 atom stereocenters. The molecule has 5 rings (SSSR count). The summed E-state index contributed by atoms with van der Waals surface area (Å²) in [6.45, 7) is 0. The Morgan fingerprint density at radius 2 is 0.792 bits per heavy atom. The molecule has 0 saturated carbocycles. The lowest BCUT2D eigenvalue weighted by Gasteiger charge is -2.08. The SMILES string of the molecule is Oc1cccc2cc3cc4cc5cccc(O)c5cc4cc3cc12. The predicted molar refractivity (Wildman–Crippen MR) is 99.8 cm³/mol. The van der Waals surface area contributed by atoms with E-state index in [9.17, 15) is 10.2 Å². The Morgan fingerprint density at radius 3 is 1.25 bits per heavy atom. The fourth-order valence-corrected chi connectivity index (χ4v) is 3.52. The molecule has 0 saturated heterocycles. The van der Waals surface area contributed by atoms with E-state index >= 15 is 0 Å². The summed E-state index contributed by atoms with van der Waals surface area (Å²) >= 11 is 0. The van der Waals surface area contributed by atoms with Gasteiger partial charge in [0.05, 0.1) is 0 Å². The van der Waals surface area contributed by atoms with Crippen molar-refractivity contribution in [2.75, 3.05) is 0 Å². The molecule has 0 heterocycles. The van der Waals surface area contributed by atoms with Crippen molar-refractivity contribution < 1.29 is 10.2 Å². The first-order valence-electron chi connectivity index (χ1n) is 7.90. The average Bonchev–Trinajstić information content (AvgIpc) is 2.58. The molecule has 0 spiro atoms. The quantitative estimate of drug-likeness (QED) is 0.360. The zero-order valence-electron chi connectivity index (χ0n) is 12.8. The molecule has 0 aliphatic rings. The van der Waals surface area contributed by atoms with Crippen LogP contribution in [0.4, 0.5) is 0 Å². The van der Waals surface area contributed by atoms with E-state index in [-0.39, 0.29) is 0 Å². The number of hydrogen-bond acceptors (Lipinski definition) is 2. The number of aromatic hydroxyl groups is 2. The number of hydrogen-bond donors (Lipinski definition) is 2. The van der Waals surface area contributed by atoms with Gasteiger partial charge in [0.2, 0.25) is 0 Å². The van der Waals surface area contributed by atoms with Crippen LogP contribution in [0.15, 0.2) is 72.8 Å². The Kier molecular flexibility index (Phi) is 2.54. The molecule has 0 fully saturated rings. The Bertz CT molecular complexity index is 1170. The van der Waals surface area contributed by atoms with E-state index in [1.807, 2.05) is 36.4 Å². The summed E-state index contributed by atoms with van der Waals surface area (Å²) in [6, 6.07) is 23.7. The fraction of sp³-hybridized carbons (Fsp3) is 0. The van der Waals surface area contributed by atoms with Crippen LogP contribution in [0.3, 0.4) is 0 Å². The van der Waals surface area contributed by atoms with Gasteiger partial charge in [-0.25, -0.2) is 0 Å². The molecule has 5 aromatic carbocycles. The molecule has 5 aromatic rings. The third kappa shape index (κ3) is 1.83. The van der Waals surface area contributed by atoms with Gasteiger partial charge in [0.1, 0.15) is 11.5 Å². The van der Waals surface area contributed by atoms with Crippen molar-refractivity contribution in [1.82, 2.24) is 0 Å². The summed E-state index contributed by atoms with van der Waals surface area (Å²) in [5, 5.41) is 28.4. The second kappa shape index (κ2) is 4.62. The smallest absolute Gasteiger partial charge is 0.123 e. The second-order valence-corrected chi connectivity index (χ2v) is 6.25. The molecule has 2 nitrogen and oxygen atoms in total. The van der Waals surface area contributed by atoms with Crippen molar-refractivity contribution in [2.45, 2.75) is 0 Å². The summed E-state index contributed by atoms with van der Waals surface area (Å²) in [6.07, 6.45) is 0. The van der Waals surface area contributed by atoms with Crippen LogP contribution in [0.5, 0.6) is 11.5 Å². The molecule has 0 bridgehead atoms. The number of phenolic OH excluding ortho intramolecular Hbond substituents is 2. The molecule has 2 heteroatoms. The highest BCUT2D eigenvalue weighted by molar-refractivity contribution is 6.09. The molecular weight excluding hydrogens is 296 g/mol. The van der Waals surface area contributed by atoms with Gasteiger partial charge in [-0.2, -0.15) is 0 Å². The molecule has 0 unspecified atom stereocenters. The number of benzene rings is 5. The third-order valence-corrected chi connectivity index (χ3v) is 4.74. The monoisotopic (exact) mass is 310 g/mol. The predicted octanol–water partition coefficient (Wildman–Crippen LogP) is 5.71. The minimum Gasteiger partial charge on any atom is -0.507 e. The third-order valence-electron chi connectivity index (χ3n) is 4.74. The standard InChI is InChI=1S/C22H14O2/c23-21-5-1-3-13-7-15-9-16-8-14-4-2-6-22(24)20(14)12-18(16)10-17(15)11-19(13)21/h1-12,23-24H. The topological polar surface area (TPSA) is 40.5 Å². The molecule has 24 heavy (non-hydrogen) atoms. The van der Waals surface area contributed by atoms with Crippen LogP contribution < -0.4 is 0 Å². The van der Waals surface area contributed by atoms with Crippen molar-refractivity contribution >= 4 is 43.1 Å². The van der Waals surface area contributed by atoms with Crippen LogP contribution in [0.1, 0.15) is 0 Å². The minimum atomic E-state index is 0.297. The molecule has 0 aromatic heterocycles. The van der Waals surface area contributed by atoms with E-state index in [1.54, 1.807) is 12.1 Å². The lowest BCUT2D eigenvalue weighted by atomic mass is 9.97. The van der Waals surface area contributed by atoms with Crippen LogP contribution in [-0.2, 0) is 0 Å². The maximum absolute atomic E-state index is 10.1. The number of rotatable bonds is 0. The van der Waals surface area contributed by atoms with E-state index in [0.29, 0.717) is 11.5 Å². The van der Waals surface area contributed by atoms with Crippen molar-refractivity contribution in [3.63, 3.8) is 0 Å². The summed E-state index contributed by atoms with van der Waals surface area (Å²) < 4.78 is 0. The molecule has 0 aliphatic heterocycles. The Hall–Kier alpha value is -3.26. The normalized spacial score (nSPS) is 11.7. The van der Waals surface area contributed by atoms with Crippen molar-refractivity contribution in [3.05, 3.63) is 72.8 Å². The average molecular weight is 310 g/mol. The Labute approximate surface area is 138 Å². The van der Waals surface area contributed by atoms with Crippen molar-refractivity contribution in [3.8, 4) is 11.5 Å². The van der Waals surface area contributed by atoms with Crippen LogP contribution in [0, 0.1) is 0 Å². The van der Waals surface area contributed by atoms with Crippen LogP contribution >= 0.6 is 0 Å². The first kappa shape index (κ1) is 13.2. The zero-order chi connectivity index (χ0) is 16.3. The van der Waals surface area contributed by atoms with Gasteiger partial charge >= 0.3 is 0 Å². The highest BCUT2D eigenvalue weighted by atomic mass is 16.3. The highest BCUT2D eigenvalue weighted by Gasteiger charge is 2.06. The van der Waals surface area contributed by atoms with Crippen LogP contribution in [-0.4, -0.2) is 10.2 Å². The lowest BCUT2D eigenvalue weighted by molar-refractivity contribution is 0.481. The van der Waals surface area contributed by atoms with E-state index in [2.05, 4.69) is 24.3 Å². The van der Waals surface area contributed by atoms with E-state index in [0.717, 1.165) is 43.1 Å². The van der Waals surface area contributed by atoms with Crippen LogP contribution in [0.2, 0.25) is 0 Å². The Balaban J connectivity index is 1.93. The van der Waals surface area contributed by atoms with Gasteiger partial charge < -0.3 is 10.2 Å². The summed E-state index contributed by atoms with van der Waals surface area (Å²) in [5.74, 6) is 0.594. The minimum absolute atomic E-state index is 0.297. The molecule has 0 radical (unpaired) electrons. The summed E-state index contributed by atoms with van der Waals surface area (Å²) in [4.78, 5) is 0. The van der Waals surface area contributed by atoms with Gasteiger partial charge in [-0.15, -0.1) is 0 Å². The van der Waals surface area contributed by atoms with E-state index in [1.165, 1.54) is 0 Å². The molecule has 0 amide bonds. The lowest BCUT2D eigenvalue weighted by Crippen LogP contribution is -1.81. The maximum atomic E-state index is 10.1. The first-order valence-corrected chi connectivity index (χ1v) is 7.90. The maximum Gasteiger partial charge on any atom is 0.123 e. The summed E-state index contributed by atoms with van der Waals surface area (Å²) in [7, 11) is 0. The van der Waals surface area contributed by atoms with Gasteiger partial charge in [-0.05, 0) is 80.8 Å². The zero-order valence-corrected chi connectivity index (χ0v) is 12.8.